The summed E-state index contributed by atoms with van der Waals surface area (Å²) in [7, 11) is 0. The van der Waals surface area contributed by atoms with E-state index in [1.54, 1.807) is 55.5 Å². The van der Waals surface area contributed by atoms with Crippen molar-refractivity contribution >= 4 is 23.6 Å². The van der Waals surface area contributed by atoms with Gasteiger partial charge in [-0.2, -0.15) is 0 Å². The SMILES string of the molecule is CCOC(=O)C(=C=N)C(c1ccccc1)C1C(=O)Oc2ccccc2C1=O. The van der Waals surface area contributed by atoms with Gasteiger partial charge in [-0.1, -0.05) is 42.5 Å². The van der Waals surface area contributed by atoms with Crippen molar-refractivity contribution in [3.8, 4) is 5.75 Å². The van der Waals surface area contributed by atoms with E-state index in [1.807, 2.05) is 0 Å². The second-order valence-corrected chi connectivity index (χ2v) is 5.91. The molecule has 2 aromatic rings. The Morgan fingerprint density at radius 1 is 1.15 bits per heavy atom. The van der Waals surface area contributed by atoms with Crippen molar-refractivity contribution in [2.24, 2.45) is 5.92 Å². The van der Waals surface area contributed by atoms with E-state index < -0.39 is 29.6 Å². The Hall–Kier alpha value is -3.50. The number of rotatable bonds is 5. The van der Waals surface area contributed by atoms with Gasteiger partial charge in [0.1, 0.15) is 17.2 Å². The maximum atomic E-state index is 13.1. The Bertz CT molecular complexity index is 944. The smallest absolute Gasteiger partial charge is 0.344 e. The summed E-state index contributed by atoms with van der Waals surface area (Å²) < 4.78 is 10.3. The van der Waals surface area contributed by atoms with Crippen LogP contribution in [0.5, 0.6) is 5.75 Å². The Morgan fingerprint density at radius 3 is 2.48 bits per heavy atom. The molecule has 0 saturated heterocycles. The van der Waals surface area contributed by atoms with Gasteiger partial charge >= 0.3 is 11.9 Å². The van der Waals surface area contributed by atoms with Crippen LogP contribution in [0.25, 0.3) is 0 Å². The number of nitrogens with one attached hydrogen (secondary N) is 1. The predicted molar refractivity (Wildman–Crippen MR) is 97.0 cm³/mol. The lowest BCUT2D eigenvalue weighted by molar-refractivity contribution is -0.140. The number of para-hydroxylation sites is 1. The predicted octanol–water partition coefficient (Wildman–Crippen LogP) is 2.93. The van der Waals surface area contributed by atoms with Gasteiger partial charge in [0, 0.05) is 5.92 Å². The molecule has 0 amide bonds. The van der Waals surface area contributed by atoms with E-state index in [1.165, 1.54) is 6.07 Å². The second-order valence-electron chi connectivity index (χ2n) is 5.91. The number of hydrogen-bond acceptors (Lipinski definition) is 6. The molecule has 0 saturated carbocycles. The summed E-state index contributed by atoms with van der Waals surface area (Å²) in [4.78, 5) is 38.2. The van der Waals surface area contributed by atoms with Crippen LogP contribution in [0.1, 0.15) is 28.8 Å². The van der Waals surface area contributed by atoms with E-state index in [9.17, 15) is 14.4 Å². The summed E-state index contributed by atoms with van der Waals surface area (Å²) in [6.07, 6.45) is 0. The fraction of sp³-hybridized carbons (Fsp3) is 0.190. The lowest BCUT2D eigenvalue weighted by Gasteiger charge is -2.29. The van der Waals surface area contributed by atoms with Crippen LogP contribution in [0.3, 0.4) is 0 Å². The molecule has 1 aliphatic rings. The molecule has 0 radical (unpaired) electrons. The highest BCUT2D eigenvalue weighted by atomic mass is 16.5. The van der Waals surface area contributed by atoms with E-state index in [0.717, 1.165) is 0 Å². The minimum absolute atomic E-state index is 0.0947. The minimum atomic E-state index is -1.31. The van der Waals surface area contributed by atoms with Crippen molar-refractivity contribution in [2.45, 2.75) is 12.8 Å². The molecule has 0 fully saturated rings. The summed E-state index contributed by atoms with van der Waals surface area (Å²) in [6, 6.07) is 15.0. The first-order chi connectivity index (χ1) is 13.1. The molecular weight excluding hydrogens is 346 g/mol. The van der Waals surface area contributed by atoms with Crippen LogP contribution < -0.4 is 4.74 Å². The van der Waals surface area contributed by atoms with Crippen LogP contribution in [-0.2, 0) is 14.3 Å². The fourth-order valence-electron chi connectivity index (χ4n) is 3.14. The van der Waals surface area contributed by atoms with Crippen molar-refractivity contribution in [3.63, 3.8) is 0 Å². The highest BCUT2D eigenvalue weighted by Crippen LogP contribution is 2.39. The van der Waals surface area contributed by atoms with Crippen LogP contribution in [0, 0.1) is 11.3 Å². The highest BCUT2D eigenvalue weighted by molar-refractivity contribution is 6.15. The number of Topliss-reactive ketones (excluding diaryl/α,β-unsaturated/α-hetero) is 1. The second kappa shape index (κ2) is 7.81. The molecule has 2 unspecified atom stereocenters. The van der Waals surface area contributed by atoms with Crippen molar-refractivity contribution in [1.82, 2.24) is 0 Å². The van der Waals surface area contributed by atoms with Crippen LogP contribution in [0.15, 0.2) is 60.2 Å². The number of carbonyl (C=O) groups excluding carboxylic acids is 3. The molecule has 1 N–H and O–H groups in total. The maximum absolute atomic E-state index is 13.1. The lowest BCUT2D eigenvalue weighted by Crippen LogP contribution is -2.39. The van der Waals surface area contributed by atoms with E-state index >= 15 is 0 Å². The van der Waals surface area contributed by atoms with Crippen molar-refractivity contribution in [3.05, 3.63) is 71.3 Å². The molecule has 2 aromatic carbocycles. The summed E-state index contributed by atoms with van der Waals surface area (Å²) in [5.41, 5.74) is 0.587. The molecular formula is C21H17NO5. The van der Waals surface area contributed by atoms with Crippen LogP contribution in [0.4, 0.5) is 0 Å². The van der Waals surface area contributed by atoms with E-state index in [4.69, 9.17) is 14.9 Å². The highest BCUT2D eigenvalue weighted by Gasteiger charge is 2.45. The van der Waals surface area contributed by atoms with Gasteiger partial charge in [0.2, 0.25) is 0 Å². The van der Waals surface area contributed by atoms with Crippen molar-refractivity contribution in [1.29, 1.82) is 5.41 Å². The number of esters is 2. The van der Waals surface area contributed by atoms with Gasteiger partial charge in [0.15, 0.2) is 5.78 Å². The zero-order valence-corrected chi connectivity index (χ0v) is 14.6. The van der Waals surface area contributed by atoms with E-state index in [0.29, 0.717) is 5.56 Å². The van der Waals surface area contributed by atoms with Gasteiger partial charge in [0.05, 0.1) is 12.2 Å². The quantitative estimate of drug-likeness (QED) is 0.290. The molecule has 2 atom stereocenters. The first-order valence-corrected chi connectivity index (χ1v) is 8.45. The molecule has 136 valence electrons. The standard InChI is InChI=1S/C21H17NO5/c1-2-26-20(24)15(12-22)17(13-8-4-3-5-9-13)18-19(23)14-10-6-7-11-16(14)27-21(18)25/h3-11,17-18,22H,2H2,1H3. The van der Waals surface area contributed by atoms with Crippen molar-refractivity contribution in [2.75, 3.05) is 6.61 Å². The third-order valence-electron chi connectivity index (χ3n) is 4.33. The first kappa shape index (κ1) is 18.3. The molecule has 0 aliphatic carbocycles. The first-order valence-electron chi connectivity index (χ1n) is 8.45. The van der Waals surface area contributed by atoms with Gasteiger partial charge in [-0.25, -0.2) is 4.79 Å². The topological polar surface area (TPSA) is 93.5 Å². The molecule has 0 spiro atoms. The molecule has 6 nitrogen and oxygen atoms in total. The summed E-state index contributed by atoms with van der Waals surface area (Å²) >= 11 is 0. The van der Waals surface area contributed by atoms with Crippen LogP contribution in [0.2, 0.25) is 0 Å². The van der Waals surface area contributed by atoms with E-state index in [-0.39, 0.29) is 23.5 Å². The molecule has 0 aromatic heterocycles. The molecule has 27 heavy (non-hydrogen) atoms. The molecule has 1 aliphatic heterocycles. The van der Waals surface area contributed by atoms with Crippen molar-refractivity contribution < 1.29 is 23.9 Å². The molecule has 1 heterocycles. The number of fused-ring (bicyclic) bond motifs is 1. The van der Waals surface area contributed by atoms with Crippen LogP contribution in [-0.4, -0.2) is 30.2 Å². The molecule has 6 heteroatoms. The number of hydrogen-bond donors (Lipinski definition) is 1. The third-order valence-corrected chi connectivity index (χ3v) is 4.33. The maximum Gasteiger partial charge on any atom is 0.344 e. The Morgan fingerprint density at radius 2 is 1.81 bits per heavy atom. The molecule has 3 rings (SSSR count). The monoisotopic (exact) mass is 363 g/mol. The third kappa shape index (κ3) is 3.43. The number of benzene rings is 2. The van der Waals surface area contributed by atoms with Crippen LogP contribution >= 0.6 is 0 Å². The minimum Gasteiger partial charge on any atom is -0.462 e. The summed E-state index contributed by atoms with van der Waals surface area (Å²) in [5, 5.41) is 7.59. The summed E-state index contributed by atoms with van der Waals surface area (Å²) in [6.45, 7) is 1.73. The lowest BCUT2D eigenvalue weighted by atomic mass is 9.76. The Labute approximate surface area is 155 Å². The van der Waals surface area contributed by atoms with Gasteiger partial charge in [-0.15, -0.1) is 0 Å². The average molecular weight is 363 g/mol. The van der Waals surface area contributed by atoms with Gasteiger partial charge in [0.25, 0.3) is 0 Å². The largest absolute Gasteiger partial charge is 0.462 e. The normalized spacial score (nSPS) is 16.6. The Kier molecular flexibility index (Phi) is 5.29. The van der Waals surface area contributed by atoms with Gasteiger partial charge in [-0.3, -0.25) is 15.0 Å². The zero-order valence-electron chi connectivity index (χ0n) is 14.6. The fourth-order valence-corrected chi connectivity index (χ4v) is 3.14. The Balaban J connectivity index is 2.14. The summed E-state index contributed by atoms with van der Waals surface area (Å²) in [5.74, 6) is -2.10. The number of carbonyl (C=O) groups is 3. The average Bonchev–Trinajstić information content (AvgIpc) is 2.68. The zero-order chi connectivity index (χ0) is 19.4. The van der Waals surface area contributed by atoms with Gasteiger partial charge < -0.3 is 9.47 Å². The number of ketones is 1. The van der Waals surface area contributed by atoms with E-state index in [2.05, 4.69) is 5.87 Å². The number of ether oxygens (including phenoxy) is 2. The van der Waals surface area contributed by atoms with Gasteiger partial charge in [-0.05, 0) is 30.5 Å². The molecule has 0 bridgehead atoms.